The van der Waals surface area contributed by atoms with Gasteiger partial charge in [-0.2, -0.15) is 0 Å². The predicted molar refractivity (Wildman–Crippen MR) is 76.9 cm³/mol. The first kappa shape index (κ1) is 13.4. The summed E-state index contributed by atoms with van der Waals surface area (Å²) in [5, 5.41) is 10.7. The fraction of sp³-hybridized carbons (Fsp3) is 0.529. The monoisotopic (exact) mass is 244 g/mol. The van der Waals surface area contributed by atoms with Gasteiger partial charge in [0, 0.05) is 10.8 Å². The van der Waals surface area contributed by atoms with Gasteiger partial charge in [0.05, 0.1) is 6.10 Å². The van der Waals surface area contributed by atoms with Crippen LogP contribution in [0.25, 0.3) is 0 Å². The highest BCUT2D eigenvalue weighted by Gasteiger charge is 2.47. The van der Waals surface area contributed by atoms with Crippen LogP contribution >= 0.6 is 0 Å². The third kappa shape index (κ3) is 1.57. The first-order valence-corrected chi connectivity index (χ1v) is 6.84. The molecule has 1 aromatic carbocycles. The second-order valence-electron chi connectivity index (χ2n) is 6.10. The number of allylic oxidation sites excluding steroid dienone is 1. The molecule has 1 aromatic rings. The first-order valence-electron chi connectivity index (χ1n) is 6.84. The molecular weight excluding hydrogens is 220 g/mol. The average Bonchev–Trinajstić information content (AvgIpc) is 2.37. The molecule has 1 aliphatic carbocycles. The number of hydrogen-bond donors (Lipinski definition) is 1. The molecule has 2 atom stereocenters. The molecular formula is C17H24O. The van der Waals surface area contributed by atoms with Crippen molar-refractivity contribution >= 4 is 0 Å². The molecule has 0 saturated heterocycles. The SMILES string of the molecule is C/C=C1\C(O)C(C)(C)c2ccccc2C1(C)CC. The van der Waals surface area contributed by atoms with E-state index in [0.29, 0.717) is 0 Å². The van der Waals surface area contributed by atoms with E-state index in [-0.39, 0.29) is 10.8 Å². The summed E-state index contributed by atoms with van der Waals surface area (Å²) in [6.07, 6.45) is 2.71. The van der Waals surface area contributed by atoms with E-state index in [1.165, 1.54) is 11.1 Å². The topological polar surface area (TPSA) is 20.2 Å². The zero-order valence-electron chi connectivity index (χ0n) is 12.1. The Balaban J connectivity index is 2.78. The van der Waals surface area contributed by atoms with Gasteiger partial charge in [-0.3, -0.25) is 0 Å². The molecule has 1 aliphatic rings. The van der Waals surface area contributed by atoms with Crippen LogP contribution in [0, 0.1) is 0 Å². The van der Waals surface area contributed by atoms with Crippen molar-refractivity contribution in [3.8, 4) is 0 Å². The number of rotatable bonds is 1. The summed E-state index contributed by atoms with van der Waals surface area (Å²) in [5.74, 6) is 0. The van der Waals surface area contributed by atoms with Gasteiger partial charge in [0.15, 0.2) is 0 Å². The van der Waals surface area contributed by atoms with E-state index >= 15 is 0 Å². The fourth-order valence-electron chi connectivity index (χ4n) is 3.39. The van der Waals surface area contributed by atoms with Gasteiger partial charge in [-0.15, -0.1) is 0 Å². The van der Waals surface area contributed by atoms with Crippen LogP contribution in [0.3, 0.4) is 0 Å². The maximum absolute atomic E-state index is 10.7. The summed E-state index contributed by atoms with van der Waals surface area (Å²) in [5.41, 5.74) is 3.56. The Kier molecular flexibility index (Phi) is 3.14. The Morgan fingerprint density at radius 2 is 1.72 bits per heavy atom. The van der Waals surface area contributed by atoms with Crippen LogP contribution in [0.15, 0.2) is 35.9 Å². The summed E-state index contributed by atoms with van der Waals surface area (Å²) >= 11 is 0. The highest BCUT2D eigenvalue weighted by molar-refractivity contribution is 5.51. The lowest BCUT2D eigenvalue weighted by molar-refractivity contribution is 0.106. The van der Waals surface area contributed by atoms with Crippen molar-refractivity contribution in [3.63, 3.8) is 0 Å². The van der Waals surface area contributed by atoms with Gasteiger partial charge in [-0.1, -0.05) is 58.0 Å². The maximum atomic E-state index is 10.7. The average molecular weight is 244 g/mol. The molecule has 0 aliphatic heterocycles. The Morgan fingerprint density at radius 3 is 2.22 bits per heavy atom. The van der Waals surface area contributed by atoms with Crippen molar-refractivity contribution in [1.29, 1.82) is 0 Å². The van der Waals surface area contributed by atoms with Crippen molar-refractivity contribution in [2.75, 3.05) is 0 Å². The third-order valence-corrected chi connectivity index (χ3v) is 4.85. The van der Waals surface area contributed by atoms with E-state index in [9.17, 15) is 5.11 Å². The second kappa shape index (κ2) is 4.24. The normalized spacial score (nSPS) is 32.3. The van der Waals surface area contributed by atoms with Gasteiger partial charge in [0.1, 0.15) is 0 Å². The Bertz CT molecular complexity index is 484. The molecule has 18 heavy (non-hydrogen) atoms. The zero-order chi connectivity index (χ0) is 13.6. The van der Waals surface area contributed by atoms with Crippen molar-refractivity contribution in [2.24, 2.45) is 0 Å². The minimum absolute atomic E-state index is 0.0414. The molecule has 2 unspecified atom stereocenters. The van der Waals surface area contributed by atoms with Crippen LogP contribution in [-0.4, -0.2) is 11.2 Å². The van der Waals surface area contributed by atoms with Crippen LogP contribution in [0.2, 0.25) is 0 Å². The second-order valence-corrected chi connectivity index (χ2v) is 6.10. The van der Waals surface area contributed by atoms with Crippen molar-refractivity contribution in [1.82, 2.24) is 0 Å². The molecule has 1 heteroatoms. The Labute approximate surface area is 111 Å². The molecule has 0 fully saturated rings. The number of benzene rings is 1. The highest BCUT2D eigenvalue weighted by Crippen LogP contribution is 2.50. The van der Waals surface area contributed by atoms with Crippen LogP contribution in [-0.2, 0) is 10.8 Å². The van der Waals surface area contributed by atoms with E-state index in [1.807, 2.05) is 6.92 Å². The molecule has 2 rings (SSSR count). The molecule has 0 aromatic heterocycles. The van der Waals surface area contributed by atoms with Gasteiger partial charge in [-0.25, -0.2) is 0 Å². The first-order chi connectivity index (χ1) is 8.39. The lowest BCUT2D eigenvalue weighted by Crippen LogP contribution is -2.48. The molecule has 0 heterocycles. The highest BCUT2D eigenvalue weighted by atomic mass is 16.3. The van der Waals surface area contributed by atoms with E-state index in [1.54, 1.807) is 0 Å². The van der Waals surface area contributed by atoms with E-state index < -0.39 is 6.10 Å². The summed E-state index contributed by atoms with van der Waals surface area (Å²) in [6, 6.07) is 8.56. The molecule has 1 N–H and O–H groups in total. The molecule has 0 amide bonds. The number of aliphatic hydroxyl groups excluding tert-OH is 1. The molecule has 0 spiro atoms. The summed E-state index contributed by atoms with van der Waals surface area (Å²) < 4.78 is 0. The minimum atomic E-state index is -0.401. The third-order valence-electron chi connectivity index (χ3n) is 4.85. The van der Waals surface area contributed by atoms with Crippen molar-refractivity contribution in [2.45, 2.75) is 58.0 Å². The van der Waals surface area contributed by atoms with Crippen molar-refractivity contribution in [3.05, 3.63) is 47.0 Å². The summed E-state index contributed by atoms with van der Waals surface area (Å²) in [4.78, 5) is 0. The molecule has 0 radical (unpaired) electrons. The summed E-state index contributed by atoms with van der Waals surface area (Å²) in [6.45, 7) is 10.8. The Morgan fingerprint density at radius 1 is 1.17 bits per heavy atom. The van der Waals surface area contributed by atoms with Gasteiger partial charge >= 0.3 is 0 Å². The van der Waals surface area contributed by atoms with Crippen LogP contribution in [0.5, 0.6) is 0 Å². The molecule has 0 saturated carbocycles. The number of aliphatic hydroxyl groups is 1. The van der Waals surface area contributed by atoms with E-state index in [2.05, 4.69) is 58.0 Å². The Hall–Kier alpha value is -1.08. The quantitative estimate of drug-likeness (QED) is 0.742. The summed E-state index contributed by atoms with van der Waals surface area (Å²) in [7, 11) is 0. The smallest absolute Gasteiger partial charge is 0.0849 e. The molecule has 0 bridgehead atoms. The largest absolute Gasteiger partial charge is 0.388 e. The van der Waals surface area contributed by atoms with Crippen LogP contribution < -0.4 is 0 Å². The predicted octanol–water partition coefficient (Wildman–Crippen LogP) is 3.95. The van der Waals surface area contributed by atoms with Gasteiger partial charge in [0.25, 0.3) is 0 Å². The number of fused-ring (bicyclic) bond motifs is 1. The fourth-order valence-corrected chi connectivity index (χ4v) is 3.39. The van der Waals surface area contributed by atoms with Gasteiger partial charge in [0.2, 0.25) is 0 Å². The standard InChI is InChI=1S/C17H24O/c1-6-12-15(18)16(3,4)13-10-8-9-11-14(13)17(12,5)7-2/h6,8-11,15,18H,7H2,1-5H3/b12-6+. The van der Waals surface area contributed by atoms with Gasteiger partial charge in [-0.05, 0) is 30.0 Å². The lowest BCUT2D eigenvalue weighted by atomic mass is 9.57. The van der Waals surface area contributed by atoms with Gasteiger partial charge < -0.3 is 5.11 Å². The van der Waals surface area contributed by atoms with E-state index in [4.69, 9.17) is 0 Å². The zero-order valence-corrected chi connectivity index (χ0v) is 12.1. The van der Waals surface area contributed by atoms with Crippen molar-refractivity contribution < 1.29 is 5.11 Å². The van der Waals surface area contributed by atoms with Crippen LogP contribution in [0.1, 0.15) is 52.2 Å². The maximum Gasteiger partial charge on any atom is 0.0849 e. The number of hydrogen-bond acceptors (Lipinski definition) is 1. The lowest BCUT2D eigenvalue weighted by Gasteiger charge is -2.48. The molecule has 1 nitrogen and oxygen atoms in total. The molecule has 98 valence electrons. The van der Waals surface area contributed by atoms with E-state index in [0.717, 1.165) is 12.0 Å². The minimum Gasteiger partial charge on any atom is -0.388 e. The van der Waals surface area contributed by atoms with Crippen LogP contribution in [0.4, 0.5) is 0 Å².